The van der Waals surface area contributed by atoms with Gasteiger partial charge in [0, 0.05) is 6.54 Å². The van der Waals surface area contributed by atoms with E-state index in [4.69, 9.17) is 5.11 Å². The smallest absolute Gasteiger partial charge is 0.305 e. The molecule has 0 fully saturated rings. The Kier molecular flexibility index (Phi) is 6.25. The van der Waals surface area contributed by atoms with Crippen molar-refractivity contribution in [2.45, 2.75) is 19.3 Å². The van der Waals surface area contributed by atoms with E-state index in [1.807, 2.05) is 36.4 Å². The van der Waals surface area contributed by atoms with Crippen LogP contribution in [-0.4, -0.2) is 34.3 Å². The topological polar surface area (TPSA) is 74.7 Å². The Bertz CT molecular complexity index is 644. The van der Waals surface area contributed by atoms with E-state index < -0.39 is 5.97 Å². The van der Waals surface area contributed by atoms with Crippen LogP contribution in [0, 0.1) is 0 Å². The number of rotatable bonds is 7. The first-order chi connectivity index (χ1) is 11.6. The van der Waals surface area contributed by atoms with Crippen molar-refractivity contribution in [1.82, 2.24) is 4.90 Å². The van der Waals surface area contributed by atoms with Gasteiger partial charge in [0.25, 0.3) is 0 Å². The Morgan fingerprint density at radius 1 is 0.750 bits per heavy atom. The van der Waals surface area contributed by atoms with Crippen molar-refractivity contribution in [2.75, 3.05) is 6.54 Å². The molecule has 124 valence electrons. The summed E-state index contributed by atoms with van der Waals surface area (Å²) < 4.78 is 0. The van der Waals surface area contributed by atoms with Crippen LogP contribution in [0.2, 0.25) is 0 Å². The third kappa shape index (κ3) is 5.35. The van der Waals surface area contributed by atoms with E-state index in [9.17, 15) is 14.4 Å². The summed E-state index contributed by atoms with van der Waals surface area (Å²) in [5.41, 5.74) is 1.57. The average Bonchev–Trinajstić information content (AvgIpc) is 2.56. The summed E-state index contributed by atoms with van der Waals surface area (Å²) in [6.45, 7) is -0.118. The van der Waals surface area contributed by atoms with Crippen LogP contribution >= 0.6 is 0 Å². The Hall–Kier alpha value is -2.95. The van der Waals surface area contributed by atoms with Crippen molar-refractivity contribution in [3.05, 3.63) is 71.8 Å². The van der Waals surface area contributed by atoms with Gasteiger partial charge in [-0.25, -0.2) is 0 Å². The molecule has 0 heterocycles. The van der Waals surface area contributed by atoms with Crippen molar-refractivity contribution < 1.29 is 19.5 Å². The molecule has 0 aliphatic rings. The predicted octanol–water partition coefficient (Wildman–Crippen LogP) is 2.30. The number of carbonyl (C=O) groups is 3. The molecule has 24 heavy (non-hydrogen) atoms. The zero-order chi connectivity index (χ0) is 17.4. The van der Waals surface area contributed by atoms with Crippen molar-refractivity contribution >= 4 is 17.8 Å². The number of hydrogen-bond donors (Lipinski definition) is 1. The van der Waals surface area contributed by atoms with Crippen LogP contribution in [0.3, 0.4) is 0 Å². The lowest BCUT2D eigenvalue weighted by Gasteiger charge is -2.20. The summed E-state index contributed by atoms with van der Waals surface area (Å²) in [5.74, 6) is -1.81. The summed E-state index contributed by atoms with van der Waals surface area (Å²) in [7, 11) is 0. The Labute approximate surface area is 140 Å². The highest BCUT2D eigenvalue weighted by atomic mass is 16.4. The zero-order valence-electron chi connectivity index (χ0n) is 13.2. The van der Waals surface area contributed by atoms with Crippen molar-refractivity contribution in [2.24, 2.45) is 0 Å². The lowest BCUT2D eigenvalue weighted by Crippen LogP contribution is -2.40. The summed E-state index contributed by atoms with van der Waals surface area (Å²) >= 11 is 0. The molecule has 1 N–H and O–H groups in total. The van der Waals surface area contributed by atoms with Crippen LogP contribution in [0.5, 0.6) is 0 Å². The quantitative estimate of drug-likeness (QED) is 0.847. The molecule has 0 aliphatic carbocycles. The molecule has 0 unspecified atom stereocenters. The van der Waals surface area contributed by atoms with Gasteiger partial charge in [-0.3, -0.25) is 19.3 Å². The molecule has 0 saturated carbocycles. The molecular weight excluding hydrogens is 306 g/mol. The molecule has 0 aromatic heterocycles. The summed E-state index contributed by atoms with van der Waals surface area (Å²) in [4.78, 5) is 36.8. The lowest BCUT2D eigenvalue weighted by molar-refractivity contribution is -0.145. The van der Waals surface area contributed by atoms with Gasteiger partial charge in [0.05, 0.1) is 19.3 Å². The van der Waals surface area contributed by atoms with Crippen molar-refractivity contribution in [1.29, 1.82) is 0 Å². The number of carboxylic acid groups (broad SMARTS) is 1. The minimum absolute atomic E-state index is 0.0704. The predicted molar refractivity (Wildman–Crippen MR) is 89.3 cm³/mol. The van der Waals surface area contributed by atoms with Gasteiger partial charge in [-0.1, -0.05) is 60.7 Å². The van der Waals surface area contributed by atoms with Gasteiger partial charge in [0.2, 0.25) is 11.8 Å². The van der Waals surface area contributed by atoms with Crippen LogP contribution < -0.4 is 0 Å². The van der Waals surface area contributed by atoms with Crippen LogP contribution in [-0.2, 0) is 27.2 Å². The third-order valence-electron chi connectivity index (χ3n) is 3.55. The highest BCUT2D eigenvalue weighted by Crippen LogP contribution is 2.08. The zero-order valence-corrected chi connectivity index (χ0v) is 13.2. The van der Waals surface area contributed by atoms with E-state index in [1.165, 1.54) is 0 Å². The Balaban J connectivity index is 2.09. The van der Waals surface area contributed by atoms with Gasteiger partial charge in [0.1, 0.15) is 0 Å². The van der Waals surface area contributed by atoms with E-state index in [0.29, 0.717) is 0 Å². The number of aliphatic carboxylic acids is 1. The third-order valence-corrected chi connectivity index (χ3v) is 3.55. The van der Waals surface area contributed by atoms with E-state index in [-0.39, 0.29) is 37.6 Å². The molecule has 0 aliphatic heterocycles. The Morgan fingerprint density at radius 3 is 1.54 bits per heavy atom. The van der Waals surface area contributed by atoms with Gasteiger partial charge < -0.3 is 5.11 Å². The van der Waals surface area contributed by atoms with Gasteiger partial charge >= 0.3 is 5.97 Å². The van der Waals surface area contributed by atoms with Gasteiger partial charge in [-0.05, 0) is 11.1 Å². The molecule has 0 atom stereocenters. The lowest BCUT2D eigenvalue weighted by atomic mass is 10.1. The van der Waals surface area contributed by atoms with Gasteiger partial charge in [0.15, 0.2) is 0 Å². The van der Waals surface area contributed by atoms with Gasteiger partial charge in [-0.15, -0.1) is 0 Å². The number of nitrogens with zero attached hydrogens (tertiary/aromatic N) is 1. The SMILES string of the molecule is O=C(O)CCN(C(=O)Cc1ccccc1)C(=O)Cc1ccccc1. The maximum absolute atomic E-state index is 12.5. The second-order valence-electron chi connectivity index (χ2n) is 5.41. The minimum atomic E-state index is -1.04. The minimum Gasteiger partial charge on any atom is -0.481 e. The molecule has 2 aromatic carbocycles. The molecular formula is C19H19NO4. The average molecular weight is 325 g/mol. The fourth-order valence-electron chi connectivity index (χ4n) is 2.33. The standard InChI is InChI=1S/C19H19NO4/c21-17(13-15-7-3-1-4-8-15)20(12-11-19(23)24)18(22)14-16-9-5-2-6-10-16/h1-10H,11-14H2,(H,23,24). The van der Waals surface area contributed by atoms with E-state index in [0.717, 1.165) is 16.0 Å². The summed E-state index contributed by atoms with van der Waals surface area (Å²) in [6.07, 6.45) is -0.122. The maximum atomic E-state index is 12.5. The first-order valence-corrected chi connectivity index (χ1v) is 7.69. The summed E-state index contributed by atoms with van der Waals surface area (Å²) in [5, 5.41) is 8.86. The fraction of sp³-hybridized carbons (Fsp3) is 0.211. The van der Waals surface area contributed by atoms with E-state index in [2.05, 4.69) is 0 Å². The molecule has 0 radical (unpaired) electrons. The second-order valence-corrected chi connectivity index (χ2v) is 5.41. The number of carboxylic acids is 1. The molecule has 0 spiro atoms. The second kappa shape index (κ2) is 8.62. The molecule has 2 rings (SSSR count). The molecule has 2 amide bonds. The summed E-state index contributed by atoms with van der Waals surface area (Å²) in [6, 6.07) is 18.2. The molecule has 5 heteroatoms. The van der Waals surface area contributed by atoms with Gasteiger partial charge in [-0.2, -0.15) is 0 Å². The Morgan fingerprint density at radius 2 is 1.17 bits per heavy atom. The molecule has 2 aromatic rings. The normalized spacial score (nSPS) is 10.2. The number of benzene rings is 2. The van der Waals surface area contributed by atoms with E-state index in [1.54, 1.807) is 24.3 Å². The van der Waals surface area contributed by atoms with Crippen LogP contribution in [0.1, 0.15) is 17.5 Å². The number of amides is 2. The highest BCUT2D eigenvalue weighted by molar-refractivity contribution is 5.97. The monoisotopic (exact) mass is 325 g/mol. The molecule has 0 bridgehead atoms. The van der Waals surface area contributed by atoms with Crippen molar-refractivity contribution in [3.63, 3.8) is 0 Å². The van der Waals surface area contributed by atoms with Crippen LogP contribution in [0.15, 0.2) is 60.7 Å². The number of imide groups is 1. The van der Waals surface area contributed by atoms with Crippen LogP contribution in [0.25, 0.3) is 0 Å². The maximum Gasteiger partial charge on any atom is 0.305 e. The molecule has 0 saturated heterocycles. The number of hydrogen-bond acceptors (Lipinski definition) is 3. The number of carbonyl (C=O) groups excluding carboxylic acids is 2. The molecule has 5 nitrogen and oxygen atoms in total. The highest BCUT2D eigenvalue weighted by Gasteiger charge is 2.22. The van der Waals surface area contributed by atoms with Crippen LogP contribution in [0.4, 0.5) is 0 Å². The van der Waals surface area contributed by atoms with Crippen molar-refractivity contribution in [3.8, 4) is 0 Å². The first kappa shape index (κ1) is 17.4. The largest absolute Gasteiger partial charge is 0.481 e. The first-order valence-electron chi connectivity index (χ1n) is 7.69. The fourth-order valence-corrected chi connectivity index (χ4v) is 2.33. The van der Waals surface area contributed by atoms with E-state index >= 15 is 0 Å².